The summed E-state index contributed by atoms with van der Waals surface area (Å²) < 4.78 is 6.33. The summed E-state index contributed by atoms with van der Waals surface area (Å²) in [4.78, 5) is 48.4. The highest BCUT2D eigenvalue weighted by molar-refractivity contribution is 8.00. The first-order chi connectivity index (χ1) is 12.8. The third kappa shape index (κ3) is 3.82. The van der Waals surface area contributed by atoms with Gasteiger partial charge in [0.05, 0.1) is 5.69 Å². The van der Waals surface area contributed by atoms with Gasteiger partial charge in [-0.05, 0) is 13.0 Å². The molecule has 0 bridgehead atoms. The number of thioether (sulfide) groups is 1. The Hall–Kier alpha value is -2.82. The molecule has 1 aromatic heterocycles. The highest BCUT2D eigenvalue weighted by atomic mass is 32.2. The van der Waals surface area contributed by atoms with Gasteiger partial charge in [0, 0.05) is 24.4 Å². The van der Waals surface area contributed by atoms with E-state index in [0.717, 1.165) is 10.6 Å². The normalized spacial score (nSPS) is 21.4. The maximum Gasteiger partial charge on any atom is 0.352 e. The predicted molar refractivity (Wildman–Crippen MR) is 93.3 cm³/mol. The zero-order valence-corrected chi connectivity index (χ0v) is 15.5. The number of nitrogens with zero attached hydrogens (tertiary/aromatic N) is 3. The molecule has 0 spiro atoms. The number of fused-ring (bicyclic) bond motifs is 1. The fraction of sp³-hybridized carbons (Fsp3) is 0.438. The maximum atomic E-state index is 12.5. The molecule has 3 heterocycles. The van der Waals surface area contributed by atoms with E-state index in [1.165, 1.54) is 23.4 Å². The number of rotatable bonds is 6. The number of carboxylic acid groups (broad SMARTS) is 1. The van der Waals surface area contributed by atoms with Crippen LogP contribution in [-0.4, -0.2) is 67.3 Å². The van der Waals surface area contributed by atoms with Gasteiger partial charge in [0.25, 0.3) is 5.91 Å². The number of amides is 2. The summed E-state index contributed by atoms with van der Waals surface area (Å²) in [5, 5.41) is 15.7. The Morgan fingerprint density at radius 2 is 2.19 bits per heavy atom. The van der Waals surface area contributed by atoms with E-state index < -0.39 is 29.3 Å². The summed E-state index contributed by atoms with van der Waals surface area (Å²) in [5.74, 6) is -2.41. The van der Waals surface area contributed by atoms with Crippen molar-refractivity contribution in [2.75, 3.05) is 12.4 Å². The second-order valence-corrected chi connectivity index (χ2v) is 7.25. The van der Waals surface area contributed by atoms with Crippen molar-refractivity contribution in [1.82, 2.24) is 20.0 Å². The van der Waals surface area contributed by atoms with Gasteiger partial charge in [-0.15, -0.1) is 11.8 Å². The SMILES string of the molecule is CC(=O)OCC1=C(C(=O)O)N2C(=O)[C@@H](NC(=O)Cn3ccc(C)n3)[C@@H]2SC1. The largest absolute Gasteiger partial charge is 0.477 e. The van der Waals surface area contributed by atoms with Gasteiger partial charge in [0.2, 0.25) is 5.91 Å². The number of aromatic nitrogens is 2. The smallest absolute Gasteiger partial charge is 0.352 e. The molecule has 0 aromatic carbocycles. The topological polar surface area (TPSA) is 131 Å². The minimum absolute atomic E-state index is 0.0334. The molecule has 0 radical (unpaired) electrons. The van der Waals surface area contributed by atoms with Crippen LogP contribution in [0.25, 0.3) is 0 Å². The van der Waals surface area contributed by atoms with Crippen molar-refractivity contribution in [3.8, 4) is 0 Å². The fourth-order valence-corrected chi connectivity index (χ4v) is 4.23. The van der Waals surface area contributed by atoms with Crippen LogP contribution in [-0.2, 0) is 30.5 Å². The van der Waals surface area contributed by atoms with E-state index in [1.807, 2.05) is 0 Å². The Balaban J connectivity index is 1.68. The second kappa shape index (κ2) is 7.43. The van der Waals surface area contributed by atoms with E-state index in [0.29, 0.717) is 5.57 Å². The van der Waals surface area contributed by atoms with Crippen LogP contribution in [0.5, 0.6) is 0 Å². The zero-order chi connectivity index (χ0) is 19.7. The van der Waals surface area contributed by atoms with Gasteiger partial charge in [-0.1, -0.05) is 0 Å². The number of carbonyl (C=O) groups is 4. The van der Waals surface area contributed by atoms with E-state index in [4.69, 9.17) is 4.74 Å². The molecule has 1 fully saturated rings. The molecule has 3 rings (SSSR count). The number of nitrogens with one attached hydrogen (secondary N) is 1. The summed E-state index contributed by atoms with van der Waals surface area (Å²) in [6.07, 6.45) is 1.66. The van der Waals surface area contributed by atoms with Gasteiger partial charge in [-0.25, -0.2) is 4.79 Å². The third-order valence-corrected chi connectivity index (χ3v) is 5.44. The molecule has 2 amide bonds. The van der Waals surface area contributed by atoms with Crippen LogP contribution in [0.15, 0.2) is 23.5 Å². The zero-order valence-electron chi connectivity index (χ0n) is 14.7. The van der Waals surface area contributed by atoms with Crippen LogP contribution < -0.4 is 5.32 Å². The second-order valence-electron chi connectivity index (χ2n) is 6.15. The summed E-state index contributed by atoms with van der Waals surface area (Å²) in [6.45, 7) is 2.80. The van der Waals surface area contributed by atoms with Crippen molar-refractivity contribution in [2.24, 2.45) is 0 Å². The highest BCUT2D eigenvalue weighted by Crippen LogP contribution is 2.40. The molecule has 0 aliphatic carbocycles. The monoisotopic (exact) mass is 394 g/mol. The van der Waals surface area contributed by atoms with E-state index in [9.17, 15) is 24.3 Å². The quantitative estimate of drug-likeness (QED) is 0.487. The molecular weight excluding hydrogens is 376 g/mol. The standard InChI is InChI=1S/C16H18N4O6S/c1-8-3-4-19(18-8)5-11(22)17-12-14(23)20-13(16(24)25)10(6-26-9(2)21)7-27-15(12)20/h3-4,12,15H,5-7H2,1-2H3,(H,17,22)(H,24,25)/t12-,15+/m1/s1. The molecule has 11 heteroatoms. The molecule has 1 saturated heterocycles. The average Bonchev–Trinajstić information content (AvgIpc) is 3.01. The molecule has 0 unspecified atom stereocenters. The molecule has 10 nitrogen and oxygen atoms in total. The molecule has 144 valence electrons. The lowest BCUT2D eigenvalue weighted by Gasteiger charge is -2.49. The first kappa shape index (κ1) is 19.0. The molecule has 2 atom stereocenters. The van der Waals surface area contributed by atoms with Crippen molar-refractivity contribution < 1.29 is 29.0 Å². The first-order valence-electron chi connectivity index (χ1n) is 8.10. The lowest BCUT2D eigenvalue weighted by Crippen LogP contribution is -2.70. The minimum Gasteiger partial charge on any atom is -0.477 e. The number of hydrogen-bond donors (Lipinski definition) is 2. The molecule has 1 aromatic rings. The Kier molecular flexibility index (Phi) is 5.22. The summed E-state index contributed by atoms with van der Waals surface area (Å²) in [5.41, 5.74) is 0.940. The summed E-state index contributed by atoms with van der Waals surface area (Å²) in [6, 6.07) is 0.957. The number of carboxylic acids is 1. The Morgan fingerprint density at radius 3 is 2.78 bits per heavy atom. The van der Waals surface area contributed by atoms with Crippen LogP contribution in [0.4, 0.5) is 0 Å². The number of aliphatic carboxylic acids is 1. The minimum atomic E-state index is -1.27. The van der Waals surface area contributed by atoms with Gasteiger partial charge in [-0.3, -0.25) is 24.0 Å². The molecule has 27 heavy (non-hydrogen) atoms. The van der Waals surface area contributed by atoms with Crippen LogP contribution in [0.1, 0.15) is 12.6 Å². The first-order valence-corrected chi connectivity index (χ1v) is 9.15. The highest BCUT2D eigenvalue weighted by Gasteiger charge is 2.54. The Labute approximate surface area is 158 Å². The van der Waals surface area contributed by atoms with Gasteiger partial charge in [0.15, 0.2) is 0 Å². The van der Waals surface area contributed by atoms with Crippen LogP contribution in [0.2, 0.25) is 0 Å². The van der Waals surface area contributed by atoms with Gasteiger partial charge >= 0.3 is 11.9 Å². The fourth-order valence-electron chi connectivity index (χ4n) is 2.90. The van der Waals surface area contributed by atoms with Crippen LogP contribution in [0.3, 0.4) is 0 Å². The molecule has 0 saturated carbocycles. The van der Waals surface area contributed by atoms with Crippen molar-refractivity contribution in [3.63, 3.8) is 0 Å². The molecule has 2 aliphatic rings. The van der Waals surface area contributed by atoms with Crippen molar-refractivity contribution in [2.45, 2.75) is 31.8 Å². The van der Waals surface area contributed by atoms with Gasteiger partial charge < -0.3 is 15.2 Å². The Bertz CT molecular complexity index is 848. The number of esters is 1. The number of aryl methyl sites for hydroxylation is 1. The average molecular weight is 394 g/mol. The predicted octanol–water partition coefficient (Wildman–Crippen LogP) is -0.507. The van der Waals surface area contributed by atoms with Gasteiger partial charge in [-0.2, -0.15) is 5.10 Å². The van der Waals surface area contributed by atoms with E-state index in [2.05, 4.69) is 10.4 Å². The van der Waals surface area contributed by atoms with Crippen molar-refractivity contribution in [3.05, 3.63) is 29.2 Å². The number of carbonyl (C=O) groups excluding carboxylic acids is 3. The number of hydrogen-bond acceptors (Lipinski definition) is 7. The van der Waals surface area contributed by atoms with Crippen molar-refractivity contribution >= 4 is 35.5 Å². The lowest BCUT2D eigenvalue weighted by molar-refractivity contribution is -0.151. The van der Waals surface area contributed by atoms with Crippen LogP contribution >= 0.6 is 11.8 Å². The maximum absolute atomic E-state index is 12.5. The molecule has 2 N–H and O–H groups in total. The van der Waals surface area contributed by atoms with E-state index in [-0.39, 0.29) is 30.5 Å². The third-order valence-electron chi connectivity index (χ3n) is 4.10. The van der Waals surface area contributed by atoms with Gasteiger partial charge in [0.1, 0.15) is 30.3 Å². The number of β-lactam (4-membered cyclic amide) rings is 1. The summed E-state index contributed by atoms with van der Waals surface area (Å²) in [7, 11) is 0. The van der Waals surface area contributed by atoms with E-state index in [1.54, 1.807) is 19.2 Å². The van der Waals surface area contributed by atoms with Crippen molar-refractivity contribution in [1.29, 1.82) is 0 Å². The van der Waals surface area contributed by atoms with Crippen LogP contribution in [0, 0.1) is 6.92 Å². The molecular formula is C16H18N4O6S. The van der Waals surface area contributed by atoms with E-state index >= 15 is 0 Å². The lowest BCUT2D eigenvalue weighted by atomic mass is 10.0. The number of ether oxygens (including phenoxy) is 1. The Morgan fingerprint density at radius 1 is 1.44 bits per heavy atom. The molecule has 2 aliphatic heterocycles. The summed E-state index contributed by atoms with van der Waals surface area (Å²) >= 11 is 1.31.